The van der Waals surface area contributed by atoms with Crippen molar-refractivity contribution in [1.29, 1.82) is 0 Å². The summed E-state index contributed by atoms with van der Waals surface area (Å²) in [6.07, 6.45) is 2.25. The van der Waals surface area contributed by atoms with Gasteiger partial charge >= 0.3 is 0 Å². The standard InChI is InChI=1S/C17H27ClN4O.HI/c1-3-11-20-16(23)10-13-22-17(19-4-2)21-12-9-14-5-7-15(18)8-6-14;/h5-8H,3-4,9-13H2,1-2H3,(H,20,23)(H2,19,21,22);1H. The number of hydrogen-bond donors (Lipinski definition) is 3. The van der Waals surface area contributed by atoms with E-state index in [1.165, 1.54) is 5.56 Å². The highest BCUT2D eigenvalue weighted by atomic mass is 127. The van der Waals surface area contributed by atoms with Gasteiger partial charge in [-0.05, 0) is 37.5 Å². The molecular formula is C17H28ClIN4O. The van der Waals surface area contributed by atoms with E-state index in [-0.39, 0.29) is 29.9 Å². The van der Waals surface area contributed by atoms with Crippen molar-refractivity contribution < 1.29 is 4.79 Å². The lowest BCUT2D eigenvalue weighted by atomic mass is 10.1. The van der Waals surface area contributed by atoms with Crippen molar-refractivity contribution in [3.05, 3.63) is 34.9 Å². The minimum Gasteiger partial charge on any atom is -0.357 e. The summed E-state index contributed by atoms with van der Waals surface area (Å²) in [7, 11) is 0. The maximum absolute atomic E-state index is 11.5. The van der Waals surface area contributed by atoms with Crippen LogP contribution in [0, 0.1) is 0 Å². The largest absolute Gasteiger partial charge is 0.357 e. The Morgan fingerprint density at radius 3 is 2.42 bits per heavy atom. The molecule has 0 aliphatic carbocycles. The molecule has 0 saturated carbocycles. The van der Waals surface area contributed by atoms with Crippen LogP contribution in [0.25, 0.3) is 0 Å². The predicted molar refractivity (Wildman–Crippen MR) is 112 cm³/mol. The molecule has 0 unspecified atom stereocenters. The van der Waals surface area contributed by atoms with E-state index in [9.17, 15) is 4.79 Å². The molecule has 0 fully saturated rings. The molecule has 1 aromatic rings. The van der Waals surface area contributed by atoms with Crippen LogP contribution in [-0.2, 0) is 11.2 Å². The van der Waals surface area contributed by atoms with Crippen LogP contribution in [0.4, 0.5) is 0 Å². The highest BCUT2D eigenvalue weighted by Crippen LogP contribution is 2.09. The molecule has 24 heavy (non-hydrogen) atoms. The molecule has 1 rings (SSSR count). The number of rotatable bonds is 9. The van der Waals surface area contributed by atoms with Gasteiger partial charge in [0, 0.05) is 31.1 Å². The van der Waals surface area contributed by atoms with Gasteiger partial charge < -0.3 is 16.0 Å². The summed E-state index contributed by atoms with van der Waals surface area (Å²) in [6.45, 7) is 6.81. The summed E-state index contributed by atoms with van der Waals surface area (Å²) in [6, 6.07) is 7.83. The van der Waals surface area contributed by atoms with E-state index in [2.05, 4.69) is 20.9 Å². The van der Waals surface area contributed by atoms with Gasteiger partial charge in [0.15, 0.2) is 5.96 Å². The van der Waals surface area contributed by atoms with Crippen LogP contribution in [0.3, 0.4) is 0 Å². The van der Waals surface area contributed by atoms with Gasteiger partial charge in [-0.3, -0.25) is 9.79 Å². The van der Waals surface area contributed by atoms with E-state index in [0.717, 1.165) is 43.5 Å². The SMILES string of the molecule is CCCNC(=O)CCN=C(NCC)NCCc1ccc(Cl)cc1.I. The van der Waals surface area contributed by atoms with E-state index in [1.807, 2.05) is 38.1 Å². The molecule has 1 aromatic carbocycles. The van der Waals surface area contributed by atoms with Crippen molar-refractivity contribution in [2.75, 3.05) is 26.2 Å². The monoisotopic (exact) mass is 466 g/mol. The molecule has 0 spiro atoms. The summed E-state index contributed by atoms with van der Waals surface area (Å²) in [5.41, 5.74) is 1.22. The van der Waals surface area contributed by atoms with Crippen LogP contribution in [0.2, 0.25) is 5.02 Å². The van der Waals surface area contributed by atoms with Crippen molar-refractivity contribution in [1.82, 2.24) is 16.0 Å². The smallest absolute Gasteiger partial charge is 0.221 e. The van der Waals surface area contributed by atoms with Crippen molar-refractivity contribution >= 4 is 47.4 Å². The first-order valence-corrected chi connectivity index (χ1v) is 8.56. The third-order valence-electron chi connectivity index (χ3n) is 3.14. The van der Waals surface area contributed by atoms with Gasteiger partial charge in [0.1, 0.15) is 0 Å². The molecule has 5 nitrogen and oxygen atoms in total. The van der Waals surface area contributed by atoms with Gasteiger partial charge in [0.05, 0.1) is 6.54 Å². The number of aliphatic imine (C=N–C) groups is 1. The Labute approximate surface area is 167 Å². The average Bonchev–Trinajstić information content (AvgIpc) is 2.54. The Morgan fingerprint density at radius 2 is 1.79 bits per heavy atom. The van der Waals surface area contributed by atoms with Gasteiger partial charge in [-0.15, -0.1) is 24.0 Å². The Balaban J connectivity index is 0.00000529. The fourth-order valence-electron chi connectivity index (χ4n) is 1.94. The number of halogens is 2. The second kappa shape index (κ2) is 14.3. The number of nitrogens with one attached hydrogen (secondary N) is 3. The average molecular weight is 467 g/mol. The summed E-state index contributed by atoms with van der Waals surface area (Å²) >= 11 is 5.87. The van der Waals surface area contributed by atoms with Crippen molar-refractivity contribution in [3.63, 3.8) is 0 Å². The molecular weight excluding hydrogens is 439 g/mol. The molecule has 0 aliphatic heterocycles. The lowest BCUT2D eigenvalue weighted by molar-refractivity contribution is -0.120. The van der Waals surface area contributed by atoms with Crippen molar-refractivity contribution in [2.24, 2.45) is 4.99 Å². The Bertz CT molecular complexity index is 494. The molecule has 0 radical (unpaired) electrons. The van der Waals surface area contributed by atoms with Crippen molar-refractivity contribution in [2.45, 2.75) is 33.1 Å². The predicted octanol–water partition coefficient (Wildman–Crippen LogP) is 2.97. The van der Waals surface area contributed by atoms with Gasteiger partial charge in [0.25, 0.3) is 0 Å². The summed E-state index contributed by atoms with van der Waals surface area (Å²) in [5.74, 6) is 0.789. The minimum atomic E-state index is 0. The number of guanidine groups is 1. The first kappa shape index (κ1) is 23.0. The first-order valence-electron chi connectivity index (χ1n) is 8.19. The third-order valence-corrected chi connectivity index (χ3v) is 3.40. The van der Waals surface area contributed by atoms with Gasteiger partial charge in [-0.1, -0.05) is 30.7 Å². The highest BCUT2D eigenvalue weighted by Gasteiger charge is 2.01. The van der Waals surface area contributed by atoms with E-state index < -0.39 is 0 Å². The number of carbonyl (C=O) groups excluding carboxylic acids is 1. The lowest BCUT2D eigenvalue weighted by Gasteiger charge is -2.11. The van der Waals surface area contributed by atoms with Gasteiger partial charge in [-0.25, -0.2) is 0 Å². The topological polar surface area (TPSA) is 65.5 Å². The molecule has 1 amide bonds. The van der Waals surface area contributed by atoms with E-state index in [4.69, 9.17) is 11.6 Å². The van der Waals surface area contributed by atoms with Crippen LogP contribution in [-0.4, -0.2) is 38.0 Å². The molecule has 0 saturated heterocycles. The maximum atomic E-state index is 11.5. The van der Waals surface area contributed by atoms with Crippen LogP contribution in [0.1, 0.15) is 32.3 Å². The van der Waals surface area contributed by atoms with E-state index in [0.29, 0.717) is 13.0 Å². The minimum absolute atomic E-state index is 0. The van der Waals surface area contributed by atoms with Crippen LogP contribution < -0.4 is 16.0 Å². The molecule has 7 heteroatoms. The number of nitrogens with zero attached hydrogens (tertiary/aromatic N) is 1. The Morgan fingerprint density at radius 1 is 1.08 bits per heavy atom. The fourth-order valence-corrected chi connectivity index (χ4v) is 2.07. The quantitative estimate of drug-likeness (QED) is 0.298. The lowest BCUT2D eigenvalue weighted by Crippen LogP contribution is -2.38. The molecule has 0 aliphatic rings. The summed E-state index contributed by atoms with van der Waals surface area (Å²) in [5, 5.41) is 10.1. The summed E-state index contributed by atoms with van der Waals surface area (Å²) in [4.78, 5) is 16.0. The second-order valence-electron chi connectivity index (χ2n) is 5.16. The third kappa shape index (κ3) is 10.7. The number of carbonyl (C=O) groups is 1. The fraction of sp³-hybridized carbons (Fsp3) is 0.529. The Kier molecular flexibility index (Phi) is 13.7. The molecule has 0 heterocycles. The van der Waals surface area contributed by atoms with Crippen LogP contribution >= 0.6 is 35.6 Å². The molecule has 0 bridgehead atoms. The molecule has 0 atom stereocenters. The van der Waals surface area contributed by atoms with Gasteiger partial charge in [-0.2, -0.15) is 0 Å². The zero-order chi connectivity index (χ0) is 16.9. The van der Waals surface area contributed by atoms with E-state index in [1.54, 1.807) is 0 Å². The number of hydrogen-bond acceptors (Lipinski definition) is 2. The zero-order valence-corrected chi connectivity index (χ0v) is 17.5. The highest BCUT2D eigenvalue weighted by molar-refractivity contribution is 14.0. The maximum Gasteiger partial charge on any atom is 0.221 e. The molecule has 136 valence electrons. The first-order chi connectivity index (χ1) is 11.2. The molecule has 3 N–H and O–H groups in total. The number of amides is 1. The van der Waals surface area contributed by atoms with Gasteiger partial charge in [0.2, 0.25) is 5.91 Å². The Hall–Kier alpha value is -1.02. The molecule has 0 aromatic heterocycles. The van der Waals surface area contributed by atoms with Crippen LogP contribution in [0.5, 0.6) is 0 Å². The summed E-state index contributed by atoms with van der Waals surface area (Å²) < 4.78 is 0. The normalized spacial score (nSPS) is 10.7. The van der Waals surface area contributed by atoms with Crippen LogP contribution in [0.15, 0.2) is 29.3 Å². The van der Waals surface area contributed by atoms with E-state index >= 15 is 0 Å². The number of benzene rings is 1. The van der Waals surface area contributed by atoms with Crippen molar-refractivity contribution in [3.8, 4) is 0 Å². The zero-order valence-electron chi connectivity index (χ0n) is 14.4. The second-order valence-corrected chi connectivity index (χ2v) is 5.60.